The summed E-state index contributed by atoms with van der Waals surface area (Å²) in [6.07, 6.45) is 11.4. The van der Waals surface area contributed by atoms with Gasteiger partial charge in [-0.3, -0.25) is 9.79 Å². The number of carbonyl (C=O) groups excluding carboxylic acids is 1. The van der Waals surface area contributed by atoms with E-state index in [1.54, 1.807) is 11.8 Å². The van der Waals surface area contributed by atoms with E-state index < -0.39 is 0 Å². The third-order valence-electron chi connectivity index (χ3n) is 7.86. The molecule has 0 radical (unpaired) electrons. The molecule has 5 heteroatoms. The lowest BCUT2D eigenvalue weighted by Gasteiger charge is -2.49. The summed E-state index contributed by atoms with van der Waals surface area (Å²) in [5.41, 5.74) is 5.34. The molecule has 162 valence electrons. The van der Waals surface area contributed by atoms with Crippen molar-refractivity contribution >= 4 is 28.5 Å². The fourth-order valence-corrected chi connectivity index (χ4v) is 7.09. The number of fused-ring (bicyclic) bond motifs is 3. The Morgan fingerprint density at radius 2 is 1.84 bits per heavy atom. The number of anilines is 1. The molecule has 0 aromatic heterocycles. The van der Waals surface area contributed by atoms with Gasteiger partial charge in [0, 0.05) is 24.3 Å². The van der Waals surface area contributed by atoms with Crippen LogP contribution in [0.1, 0.15) is 57.2 Å². The molecule has 0 saturated heterocycles. The van der Waals surface area contributed by atoms with Gasteiger partial charge in [0.15, 0.2) is 0 Å². The largest absolute Gasteiger partial charge is 0.425 e. The number of rotatable bonds is 1. The summed E-state index contributed by atoms with van der Waals surface area (Å²) < 4.78 is 6.19. The Bertz CT molecular complexity index is 1080. The molecule has 5 aliphatic rings. The van der Waals surface area contributed by atoms with Crippen LogP contribution in [0.15, 0.2) is 35.4 Å². The van der Waals surface area contributed by atoms with Crippen LogP contribution in [0.4, 0.5) is 5.69 Å². The summed E-state index contributed by atoms with van der Waals surface area (Å²) in [5, 5.41) is 1.25. The number of thioether (sulfide) groups is 1. The van der Waals surface area contributed by atoms with Gasteiger partial charge < -0.3 is 9.64 Å². The molecule has 31 heavy (non-hydrogen) atoms. The van der Waals surface area contributed by atoms with Crippen molar-refractivity contribution in [2.45, 2.75) is 69.1 Å². The summed E-state index contributed by atoms with van der Waals surface area (Å²) in [6, 6.07) is 2.50. The zero-order valence-electron chi connectivity index (χ0n) is 18.8. The number of carbonyl (C=O) groups is 1. The van der Waals surface area contributed by atoms with Crippen LogP contribution in [-0.4, -0.2) is 35.4 Å². The first kappa shape index (κ1) is 19.7. The van der Waals surface area contributed by atoms with E-state index >= 15 is 0 Å². The molecule has 1 aromatic carbocycles. The van der Waals surface area contributed by atoms with Gasteiger partial charge in [-0.05, 0) is 47.3 Å². The molecule has 0 saturated carbocycles. The SMILES string of the molecule is CC1(C)CCN2CCC(C)(C)c3c4c(cc1c32)CC(C1=NC2C=CC=CC2S1)C(=O)O4. The lowest BCUT2D eigenvalue weighted by molar-refractivity contribution is -0.137. The van der Waals surface area contributed by atoms with Crippen molar-refractivity contribution in [3.63, 3.8) is 0 Å². The number of hydrogen-bond donors (Lipinski definition) is 0. The van der Waals surface area contributed by atoms with E-state index in [0.717, 1.165) is 36.7 Å². The Balaban J connectivity index is 1.46. The van der Waals surface area contributed by atoms with Gasteiger partial charge in [0.25, 0.3) is 0 Å². The summed E-state index contributed by atoms with van der Waals surface area (Å²) in [5.74, 6) is 0.419. The molecule has 0 bridgehead atoms. The van der Waals surface area contributed by atoms with E-state index in [2.05, 4.69) is 63.0 Å². The lowest BCUT2D eigenvalue weighted by Crippen LogP contribution is -2.46. The van der Waals surface area contributed by atoms with Gasteiger partial charge in [-0.15, -0.1) is 11.8 Å². The molecule has 0 amide bonds. The van der Waals surface area contributed by atoms with Crippen molar-refractivity contribution in [3.8, 4) is 5.75 Å². The number of allylic oxidation sites excluding steroid dienone is 2. The molecule has 0 spiro atoms. The van der Waals surface area contributed by atoms with Crippen LogP contribution in [-0.2, 0) is 22.0 Å². The van der Waals surface area contributed by atoms with Crippen LogP contribution >= 0.6 is 11.8 Å². The van der Waals surface area contributed by atoms with Gasteiger partial charge in [0.2, 0.25) is 0 Å². The fraction of sp³-hybridized carbons (Fsp3) is 0.538. The average molecular weight is 435 g/mol. The quantitative estimate of drug-likeness (QED) is 0.464. The van der Waals surface area contributed by atoms with Crippen molar-refractivity contribution < 1.29 is 9.53 Å². The van der Waals surface area contributed by atoms with Crippen LogP contribution < -0.4 is 9.64 Å². The van der Waals surface area contributed by atoms with Crippen molar-refractivity contribution in [1.82, 2.24) is 0 Å². The highest BCUT2D eigenvalue weighted by Crippen LogP contribution is 2.55. The van der Waals surface area contributed by atoms with Crippen molar-refractivity contribution in [2.24, 2.45) is 10.9 Å². The molecule has 6 rings (SSSR count). The minimum absolute atomic E-state index is 0.00335. The number of ether oxygens (including phenoxy) is 1. The maximum atomic E-state index is 13.3. The van der Waals surface area contributed by atoms with Crippen LogP contribution in [0, 0.1) is 5.92 Å². The second-order valence-electron chi connectivity index (χ2n) is 10.9. The number of hydrogen-bond acceptors (Lipinski definition) is 5. The van der Waals surface area contributed by atoms with Crippen molar-refractivity contribution in [2.75, 3.05) is 18.0 Å². The molecule has 3 unspecified atom stereocenters. The third kappa shape index (κ3) is 2.88. The molecule has 0 fully saturated rings. The zero-order valence-corrected chi connectivity index (χ0v) is 19.6. The van der Waals surface area contributed by atoms with Gasteiger partial charge in [-0.2, -0.15) is 0 Å². The van der Waals surface area contributed by atoms with Gasteiger partial charge in [0.1, 0.15) is 11.7 Å². The lowest BCUT2D eigenvalue weighted by atomic mass is 9.68. The normalized spacial score (nSPS) is 31.5. The van der Waals surface area contributed by atoms with Gasteiger partial charge in [0.05, 0.1) is 16.3 Å². The summed E-state index contributed by atoms with van der Waals surface area (Å²) in [7, 11) is 0. The van der Waals surface area contributed by atoms with E-state index in [1.807, 2.05) is 0 Å². The topological polar surface area (TPSA) is 41.9 Å². The third-order valence-corrected chi connectivity index (χ3v) is 9.20. The van der Waals surface area contributed by atoms with E-state index in [9.17, 15) is 4.79 Å². The highest BCUT2D eigenvalue weighted by Gasteiger charge is 2.46. The minimum Gasteiger partial charge on any atom is -0.425 e. The van der Waals surface area contributed by atoms with Crippen LogP contribution in [0.3, 0.4) is 0 Å². The molecule has 4 aliphatic heterocycles. The molecular weight excluding hydrogens is 404 g/mol. The van der Waals surface area contributed by atoms with Crippen molar-refractivity contribution in [1.29, 1.82) is 0 Å². The van der Waals surface area contributed by atoms with Crippen molar-refractivity contribution in [3.05, 3.63) is 47.1 Å². The van der Waals surface area contributed by atoms with Crippen LogP contribution in [0.2, 0.25) is 0 Å². The van der Waals surface area contributed by atoms with E-state index in [1.165, 1.54) is 22.4 Å². The van der Waals surface area contributed by atoms with Crippen LogP contribution in [0.25, 0.3) is 0 Å². The number of nitrogens with zero attached hydrogens (tertiary/aromatic N) is 2. The zero-order chi connectivity index (χ0) is 21.5. The van der Waals surface area contributed by atoms with E-state index in [0.29, 0.717) is 11.7 Å². The first-order valence-electron chi connectivity index (χ1n) is 11.5. The molecule has 4 heterocycles. The summed E-state index contributed by atoms with van der Waals surface area (Å²) >= 11 is 1.73. The summed E-state index contributed by atoms with van der Waals surface area (Å²) in [6.45, 7) is 11.5. The Morgan fingerprint density at radius 3 is 2.61 bits per heavy atom. The highest BCUT2D eigenvalue weighted by atomic mass is 32.2. The Hall–Kier alpha value is -2.01. The second kappa shape index (κ2) is 6.50. The number of benzene rings is 1. The molecular formula is C26H30N2O2S. The maximum absolute atomic E-state index is 13.3. The molecule has 0 N–H and O–H groups in total. The molecule has 3 atom stereocenters. The monoisotopic (exact) mass is 434 g/mol. The van der Waals surface area contributed by atoms with E-state index in [-0.39, 0.29) is 28.8 Å². The smallest absolute Gasteiger partial charge is 0.321 e. The van der Waals surface area contributed by atoms with E-state index in [4.69, 9.17) is 9.73 Å². The summed E-state index contributed by atoms with van der Waals surface area (Å²) in [4.78, 5) is 20.7. The maximum Gasteiger partial charge on any atom is 0.321 e. The number of esters is 1. The predicted molar refractivity (Wildman–Crippen MR) is 128 cm³/mol. The van der Waals surface area contributed by atoms with Gasteiger partial charge >= 0.3 is 5.97 Å². The predicted octanol–water partition coefficient (Wildman–Crippen LogP) is 4.94. The molecule has 4 nitrogen and oxygen atoms in total. The Morgan fingerprint density at radius 1 is 1.10 bits per heavy atom. The van der Waals surface area contributed by atoms with Gasteiger partial charge in [-0.1, -0.05) is 52.0 Å². The molecule has 1 aliphatic carbocycles. The fourth-order valence-electron chi connectivity index (χ4n) is 5.83. The number of aliphatic imine (C=N–C) groups is 1. The minimum atomic E-state index is -0.287. The highest BCUT2D eigenvalue weighted by molar-refractivity contribution is 8.15. The second-order valence-corrected chi connectivity index (χ2v) is 12.1. The van der Waals surface area contributed by atoms with Crippen LogP contribution in [0.5, 0.6) is 5.75 Å². The first-order chi connectivity index (χ1) is 14.7. The first-order valence-corrected chi connectivity index (χ1v) is 12.4. The average Bonchev–Trinajstić information content (AvgIpc) is 3.15. The van der Waals surface area contributed by atoms with Gasteiger partial charge in [-0.25, -0.2) is 0 Å². The Labute approximate surface area is 188 Å². The molecule has 1 aromatic rings. The Kier molecular flexibility index (Phi) is 4.12. The standard InChI is InChI=1S/C26H30N2O2S/c1-25(2)9-11-28-12-10-26(3,4)20-21(28)17(25)14-15-13-16(24(29)30-22(15)20)23-27-18-7-5-6-8-19(18)31-23/h5-8,14,16,18-19H,9-13H2,1-4H3.